The molecule has 3 N–H and O–H groups in total. The van der Waals surface area contributed by atoms with Crippen molar-refractivity contribution < 1.29 is 5.11 Å². The summed E-state index contributed by atoms with van der Waals surface area (Å²) in [5.41, 5.74) is 3.11. The summed E-state index contributed by atoms with van der Waals surface area (Å²) < 4.78 is 0. The normalized spacial score (nSPS) is 12.2. The van der Waals surface area contributed by atoms with Crippen LogP contribution in [0.4, 0.5) is 0 Å². The molecule has 0 aliphatic carbocycles. The zero-order valence-electron chi connectivity index (χ0n) is 14.5. The first-order valence-electron chi connectivity index (χ1n) is 8.11. The molecule has 2 aromatic rings. The van der Waals surface area contributed by atoms with Gasteiger partial charge in [0, 0.05) is 23.7 Å². The Kier molecular flexibility index (Phi) is 9.85. The number of benzene rings is 2. The maximum Gasteiger partial charge on any atom is 0.191 e. The first kappa shape index (κ1) is 21.7. The van der Waals surface area contributed by atoms with E-state index in [2.05, 4.69) is 34.7 Å². The molecule has 0 spiro atoms. The van der Waals surface area contributed by atoms with Crippen LogP contribution in [0.25, 0.3) is 0 Å². The number of aliphatic imine (C=N–C) groups is 1. The van der Waals surface area contributed by atoms with Crippen molar-refractivity contribution in [1.82, 2.24) is 10.6 Å². The van der Waals surface area contributed by atoms with Crippen molar-refractivity contribution in [1.29, 1.82) is 0 Å². The minimum Gasteiger partial charge on any atom is -0.387 e. The zero-order chi connectivity index (χ0) is 17.4. The minimum atomic E-state index is -0.694. The Balaban J connectivity index is 0.00000312. The van der Waals surface area contributed by atoms with Crippen molar-refractivity contribution in [3.8, 4) is 0 Å². The van der Waals surface area contributed by atoms with Gasteiger partial charge in [-0.05, 0) is 31.0 Å². The van der Waals surface area contributed by atoms with Gasteiger partial charge in [-0.15, -0.1) is 24.0 Å². The predicted molar refractivity (Wildman–Crippen MR) is 116 cm³/mol. The van der Waals surface area contributed by atoms with Gasteiger partial charge in [-0.25, -0.2) is 4.99 Å². The Bertz CT molecular complexity index is 694. The Morgan fingerprint density at radius 3 is 2.48 bits per heavy atom. The van der Waals surface area contributed by atoms with E-state index < -0.39 is 6.10 Å². The third-order valence-corrected chi connectivity index (χ3v) is 4.08. The molecule has 2 rings (SSSR count). The van der Waals surface area contributed by atoms with E-state index in [1.807, 2.05) is 37.3 Å². The van der Waals surface area contributed by atoms with Gasteiger partial charge < -0.3 is 15.7 Å². The van der Waals surface area contributed by atoms with Crippen molar-refractivity contribution in [2.75, 3.05) is 13.1 Å². The fourth-order valence-electron chi connectivity index (χ4n) is 2.34. The number of hydrogen-bond acceptors (Lipinski definition) is 2. The molecule has 0 amide bonds. The lowest BCUT2D eigenvalue weighted by Crippen LogP contribution is -2.39. The van der Waals surface area contributed by atoms with Crippen molar-refractivity contribution in [2.45, 2.75) is 26.5 Å². The molecule has 6 heteroatoms. The highest BCUT2D eigenvalue weighted by Crippen LogP contribution is 2.21. The predicted octanol–water partition coefficient (Wildman–Crippen LogP) is 4.06. The zero-order valence-corrected chi connectivity index (χ0v) is 17.6. The summed E-state index contributed by atoms with van der Waals surface area (Å²) in [7, 11) is 0. The summed E-state index contributed by atoms with van der Waals surface area (Å²) in [5, 5.41) is 17.2. The molecule has 0 radical (unpaired) electrons. The summed E-state index contributed by atoms with van der Waals surface area (Å²) >= 11 is 6.12. The van der Waals surface area contributed by atoms with E-state index >= 15 is 0 Å². The van der Waals surface area contributed by atoms with Gasteiger partial charge in [0.05, 0.1) is 12.6 Å². The number of halogens is 2. The molecule has 0 saturated heterocycles. The highest BCUT2D eigenvalue weighted by molar-refractivity contribution is 14.0. The summed E-state index contributed by atoms with van der Waals surface area (Å²) in [4.78, 5) is 4.58. The van der Waals surface area contributed by atoms with E-state index in [9.17, 15) is 5.11 Å². The van der Waals surface area contributed by atoms with Gasteiger partial charge in [0.25, 0.3) is 0 Å². The van der Waals surface area contributed by atoms with Crippen LogP contribution in [-0.2, 0) is 6.54 Å². The number of aryl methyl sites for hydroxylation is 1. The van der Waals surface area contributed by atoms with Crippen molar-refractivity contribution in [3.05, 3.63) is 70.2 Å². The van der Waals surface area contributed by atoms with Crippen molar-refractivity contribution in [2.24, 2.45) is 4.99 Å². The van der Waals surface area contributed by atoms with E-state index in [4.69, 9.17) is 11.6 Å². The molecule has 0 aromatic heterocycles. The van der Waals surface area contributed by atoms with Gasteiger partial charge in [-0.2, -0.15) is 0 Å². The van der Waals surface area contributed by atoms with Crippen LogP contribution in [0.2, 0.25) is 5.02 Å². The molecule has 0 aliphatic heterocycles. The van der Waals surface area contributed by atoms with E-state index in [-0.39, 0.29) is 24.0 Å². The largest absolute Gasteiger partial charge is 0.387 e. The average molecular weight is 474 g/mol. The standard InChI is InChI=1S/C19H24ClN3O.HI/c1-3-21-19(22-12-15-9-5-4-8-14(15)2)23-13-18(24)16-10-6-7-11-17(16)20;/h4-11,18,24H,3,12-13H2,1-2H3,(H2,21,22,23);1H. The molecule has 0 heterocycles. The van der Waals surface area contributed by atoms with Crippen molar-refractivity contribution >= 4 is 41.5 Å². The molecule has 0 saturated carbocycles. The quantitative estimate of drug-likeness (QED) is 0.337. The van der Waals surface area contributed by atoms with Gasteiger partial charge in [0.1, 0.15) is 0 Å². The molecule has 0 aliphatic rings. The third kappa shape index (κ3) is 6.84. The van der Waals surface area contributed by atoms with Gasteiger partial charge in [0.2, 0.25) is 0 Å². The molecule has 2 aromatic carbocycles. The number of aliphatic hydroxyl groups is 1. The minimum absolute atomic E-state index is 0. The Hall–Kier alpha value is -1.31. The Morgan fingerprint density at radius 1 is 1.12 bits per heavy atom. The lowest BCUT2D eigenvalue weighted by Gasteiger charge is -2.16. The monoisotopic (exact) mass is 473 g/mol. The molecule has 1 unspecified atom stereocenters. The number of nitrogens with one attached hydrogen (secondary N) is 2. The summed E-state index contributed by atoms with van der Waals surface area (Å²) in [6.07, 6.45) is -0.694. The van der Waals surface area contributed by atoms with Crippen LogP contribution in [0.3, 0.4) is 0 Å². The first-order valence-corrected chi connectivity index (χ1v) is 8.48. The van der Waals surface area contributed by atoms with Gasteiger partial charge in [0.15, 0.2) is 5.96 Å². The second-order valence-corrected chi connectivity index (χ2v) is 5.95. The smallest absolute Gasteiger partial charge is 0.191 e. The van der Waals surface area contributed by atoms with Gasteiger partial charge in [-0.1, -0.05) is 54.1 Å². The first-order chi connectivity index (χ1) is 11.6. The van der Waals surface area contributed by atoms with E-state index in [0.29, 0.717) is 29.6 Å². The number of guanidine groups is 1. The van der Waals surface area contributed by atoms with Crippen LogP contribution >= 0.6 is 35.6 Å². The second-order valence-electron chi connectivity index (χ2n) is 5.54. The number of aliphatic hydroxyl groups excluding tert-OH is 1. The molecule has 136 valence electrons. The van der Waals surface area contributed by atoms with Crippen LogP contribution in [0, 0.1) is 6.92 Å². The molecular formula is C19H25ClIN3O. The molecule has 1 atom stereocenters. The average Bonchev–Trinajstić information content (AvgIpc) is 2.58. The van der Waals surface area contributed by atoms with Gasteiger partial charge in [-0.3, -0.25) is 0 Å². The summed E-state index contributed by atoms with van der Waals surface area (Å²) in [6, 6.07) is 15.5. The van der Waals surface area contributed by atoms with Crippen LogP contribution in [0.5, 0.6) is 0 Å². The molecule has 0 fully saturated rings. The lowest BCUT2D eigenvalue weighted by atomic mass is 10.1. The second kappa shape index (κ2) is 11.3. The Morgan fingerprint density at radius 2 is 1.80 bits per heavy atom. The number of rotatable bonds is 6. The number of nitrogens with zero attached hydrogens (tertiary/aromatic N) is 1. The Labute approximate surface area is 171 Å². The molecule has 25 heavy (non-hydrogen) atoms. The van der Waals surface area contributed by atoms with Crippen LogP contribution < -0.4 is 10.6 Å². The maximum atomic E-state index is 10.3. The highest BCUT2D eigenvalue weighted by atomic mass is 127. The topological polar surface area (TPSA) is 56.7 Å². The lowest BCUT2D eigenvalue weighted by molar-refractivity contribution is 0.181. The van der Waals surface area contributed by atoms with E-state index in [0.717, 1.165) is 6.54 Å². The summed E-state index contributed by atoms with van der Waals surface area (Å²) in [6.45, 7) is 5.76. The van der Waals surface area contributed by atoms with Crippen molar-refractivity contribution in [3.63, 3.8) is 0 Å². The van der Waals surface area contributed by atoms with E-state index in [1.165, 1.54) is 11.1 Å². The van der Waals surface area contributed by atoms with Crippen LogP contribution in [0.15, 0.2) is 53.5 Å². The molecule has 0 bridgehead atoms. The fraction of sp³-hybridized carbons (Fsp3) is 0.316. The van der Waals surface area contributed by atoms with E-state index in [1.54, 1.807) is 6.07 Å². The molecule has 4 nitrogen and oxygen atoms in total. The van der Waals surface area contributed by atoms with Crippen LogP contribution in [-0.4, -0.2) is 24.2 Å². The van der Waals surface area contributed by atoms with Gasteiger partial charge >= 0.3 is 0 Å². The SMILES string of the molecule is CCNC(=NCc1ccccc1C)NCC(O)c1ccccc1Cl.I. The molecular weight excluding hydrogens is 449 g/mol. The third-order valence-electron chi connectivity index (χ3n) is 3.74. The maximum absolute atomic E-state index is 10.3. The highest BCUT2D eigenvalue weighted by Gasteiger charge is 2.11. The number of hydrogen-bond donors (Lipinski definition) is 3. The van der Waals surface area contributed by atoms with Crippen LogP contribution in [0.1, 0.15) is 29.7 Å². The summed E-state index contributed by atoms with van der Waals surface area (Å²) in [5.74, 6) is 0.673. The fourth-order valence-corrected chi connectivity index (χ4v) is 2.60.